The molecule has 0 aromatic carbocycles. The molecule has 1 rings (SSSR count). The van der Waals surface area contributed by atoms with Crippen molar-refractivity contribution in [3.05, 3.63) is 28.6 Å². The summed E-state index contributed by atoms with van der Waals surface area (Å²) in [6.07, 6.45) is -3.11. The minimum Gasteiger partial charge on any atom is -0.466 e. The van der Waals surface area contributed by atoms with E-state index in [0.29, 0.717) is 0 Å². The number of hydrogen-bond donors (Lipinski definition) is 0. The third-order valence-electron chi connectivity index (χ3n) is 2.32. The molecule has 0 atom stereocenters. The third kappa shape index (κ3) is 3.86. The van der Waals surface area contributed by atoms with Crippen molar-refractivity contribution in [1.82, 2.24) is 4.98 Å². The van der Waals surface area contributed by atoms with E-state index in [2.05, 4.69) is 4.98 Å². The highest BCUT2D eigenvalue weighted by molar-refractivity contribution is 6.17. The van der Waals surface area contributed by atoms with E-state index in [1.54, 1.807) is 13.0 Å². The molecule has 4 nitrogen and oxygen atoms in total. The fraction of sp³-hybridized carbons (Fsp3) is 0.417. The van der Waals surface area contributed by atoms with Crippen molar-refractivity contribution in [3.63, 3.8) is 0 Å². The first kappa shape index (κ1) is 15.3. The molecule has 0 amide bonds. The molecule has 0 N–H and O–H groups in total. The van der Waals surface area contributed by atoms with Crippen molar-refractivity contribution in [2.45, 2.75) is 25.7 Å². The van der Waals surface area contributed by atoms with E-state index in [9.17, 15) is 13.6 Å². The Bertz CT molecular complexity index is 515. The smallest absolute Gasteiger partial charge is 0.311 e. The summed E-state index contributed by atoms with van der Waals surface area (Å²) in [5, 5.41) is 8.92. The fourth-order valence-corrected chi connectivity index (χ4v) is 1.80. The Kier molecular flexibility index (Phi) is 5.64. The van der Waals surface area contributed by atoms with Gasteiger partial charge in [-0.15, -0.1) is 11.6 Å². The number of aromatic nitrogens is 1. The standard InChI is InChI=1S/C12H11ClF2N2O2/c1-2-19-11(18)4-9-8(5-13)7(6-16)3-10(17-9)12(14)15/h3,12H,2,4-5H2,1H3. The monoisotopic (exact) mass is 288 g/mol. The molecule has 0 aliphatic carbocycles. The summed E-state index contributed by atoms with van der Waals surface area (Å²) in [6, 6.07) is 2.76. The molecule has 0 aliphatic heterocycles. The van der Waals surface area contributed by atoms with E-state index < -0.39 is 18.1 Å². The molecule has 0 saturated carbocycles. The van der Waals surface area contributed by atoms with Gasteiger partial charge in [-0.05, 0) is 13.0 Å². The third-order valence-corrected chi connectivity index (χ3v) is 2.59. The molecule has 1 heterocycles. The molecule has 0 radical (unpaired) electrons. The number of pyridine rings is 1. The maximum Gasteiger partial charge on any atom is 0.311 e. The summed E-state index contributed by atoms with van der Waals surface area (Å²) >= 11 is 5.68. The molecule has 0 fully saturated rings. The Morgan fingerprint density at radius 1 is 1.63 bits per heavy atom. The Balaban J connectivity index is 3.23. The van der Waals surface area contributed by atoms with E-state index in [1.807, 2.05) is 0 Å². The molecule has 1 aromatic rings. The molecule has 102 valence electrons. The van der Waals surface area contributed by atoms with Gasteiger partial charge in [-0.25, -0.2) is 8.78 Å². The van der Waals surface area contributed by atoms with Gasteiger partial charge in [-0.3, -0.25) is 9.78 Å². The van der Waals surface area contributed by atoms with Gasteiger partial charge in [0, 0.05) is 5.56 Å². The number of carbonyl (C=O) groups excluding carboxylic acids is 1. The lowest BCUT2D eigenvalue weighted by molar-refractivity contribution is -0.142. The van der Waals surface area contributed by atoms with Crippen LogP contribution in [0.3, 0.4) is 0 Å². The van der Waals surface area contributed by atoms with Crippen LogP contribution in [-0.4, -0.2) is 17.6 Å². The van der Waals surface area contributed by atoms with Crippen molar-refractivity contribution in [2.75, 3.05) is 6.61 Å². The number of halogens is 3. The lowest BCUT2D eigenvalue weighted by Gasteiger charge is -2.10. The maximum atomic E-state index is 12.7. The Labute approximate surface area is 114 Å². The molecule has 7 heteroatoms. The first-order chi connectivity index (χ1) is 9.03. The second-order valence-electron chi connectivity index (χ2n) is 3.55. The number of esters is 1. The average molecular weight is 289 g/mol. The highest BCUT2D eigenvalue weighted by Crippen LogP contribution is 2.23. The van der Waals surface area contributed by atoms with E-state index in [-0.39, 0.29) is 35.7 Å². The second-order valence-corrected chi connectivity index (χ2v) is 3.82. The maximum absolute atomic E-state index is 12.7. The average Bonchev–Trinajstić information content (AvgIpc) is 2.37. The van der Waals surface area contributed by atoms with Crippen LogP contribution < -0.4 is 0 Å². The topological polar surface area (TPSA) is 63.0 Å². The summed E-state index contributed by atoms with van der Waals surface area (Å²) in [4.78, 5) is 15.1. The quantitative estimate of drug-likeness (QED) is 0.617. The van der Waals surface area contributed by atoms with Gasteiger partial charge in [0.15, 0.2) is 0 Å². The van der Waals surface area contributed by atoms with E-state index in [1.165, 1.54) is 0 Å². The molecule has 1 aromatic heterocycles. The fourth-order valence-electron chi connectivity index (χ4n) is 1.50. The molecule has 0 saturated heterocycles. The van der Waals surface area contributed by atoms with Crippen LogP contribution in [0.1, 0.15) is 35.9 Å². The molecule has 0 spiro atoms. The highest BCUT2D eigenvalue weighted by atomic mass is 35.5. The summed E-state index contributed by atoms with van der Waals surface area (Å²) in [6.45, 7) is 1.80. The number of alkyl halides is 3. The summed E-state index contributed by atoms with van der Waals surface area (Å²) in [7, 11) is 0. The number of nitrogens with zero attached hydrogens (tertiary/aromatic N) is 2. The summed E-state index contributed by atoms with van der Waals surface area (Å²) in [5.74, 6) is -0.689. The first-order valence-corrected chi connectivity index (χ1v) is 5.99. The predicted molar refractivity (Wildman–Crippen MR) is 63.8 cm³/mol. The van der Waals surface area contributed by atoms with Gasteiger partial charge in [0.2, 0.25) is 0 Å². The lowest BCUT2D eigenvalue weighted by Crippen LogP contribution is -2.13. The van der Waals surface area contributed by atoms with E-state index in [4.69, 9.17) is 21.6 Å². The van der Waals surface area contributed by atoms with Gasteiger partial charge in [0.1, 0.15) is 5.69 Å². The van der Waals surface area contributed by atoms with Crippen molar-refractivity contribution in [2.24, 2.45) is 0 Å². The van der Waals surface area contributed by atoms with E-state index >= 15 is 0 Å². The Hall–Kier alpha value is -1.74. The minimum absolute atomic E-state index is 0.000372. The van der Waals surface area contributed by atoms with Gasteiger partial charge < -0.3 is 4.74 Å². The Morgan fingerprint density at radius 3 is 2.79 bits per heavy atom. The van der Waals surface area contributed by atoms with Gasteiger partial charge >= 0.3 is 5.97 Å². The van der Waals surface area contributed by atoms with Crippen molar-refractivity contribution in [3.8, 4) is 6.07 Å². The molecule has 0 aliphatic rings. The summed E-state index contributed by atoms with van der Waals surface area (Å²) < 4.78 is 30.1. The normalized spacial score (nSPS) is 10.3. The largest absolute Gasteiger partial charge is 0.466 e. The van der Waals surface area contributed by atoms with E-state index in [0.717, 1.165) is 6.07 Å². The number of rotatable bonds is 5. The zero-order valence-corrected chi connectivity index (χ0v) is 10.9. The van der Waals surface area contributed by atoms with Gasteiger partial charge in [0.25, 0.3) is 6.43 Å². The van der Waals surface area contributed by atoms with Crippen LogP contribution in [-0.2, 0) is 21.8 Å². The van der Waals surface area contributed by atoms with Crippen LogP contribution in [0.4, 0.5) is 8.78 Å². The van der Waals surface area contributed by atoms with Crippen molar-refractivity contribution < 1.29 is 18.3 Å². The molecular weight excluding hydrogens is 278 g/mol. The number of carbonyl (C=O) groups is 1. The second kappa shape index (κ2) is 7.00. The summed E-state index contributed by atoms with van der Waals surface area (Å²) in [5.41, 5.74) is -0.214. The minimum atomic E-state index is -2.82. The van der Waals surface area contributed by atoms with Crippen LogP contribution in [0.5, 0.6) is 0 Å². The molecule has 19 heavy (non-hydrogen) atoms. The molecule has 0 bridgehead atoms. The Morgan fingerprint density at radius 2 is 2.32 bits per heavy atom. The van der Waals surface area contributed by atoms with Crippen LogP contribution in [0.2, 0.25) is 0 Å². The van der Waals surface area contributed by atoms with Crippen molar-refractivity contribution >= 4 is 17.6 Å². The zero-order valence-electron chi connectivity index (χ0n) is 10.1. The lowest BCUT2D eigenvalue weighted by atomic mass is 10.1. The van der Waals surface area contributed by atoms with Crippen LogP contribution in [0.15, 0.2) is 6.07 Å². The zero-order chi connectivity index (χ0) is 14.4. The molecule has 0 unspecified atom stereocenters. The van der Waals surface area contributed by atoms with Crippen LogP contribution in [0.25, 0.3) is 0 Å². The number of ether oxygens (including phenoxy) is 1. The van der Waals surface area contributed by atoms with Crippen LogP contribution >= 0.6 is 11.6 Å². The van der Waals surface area contributed by atoms with Gasteiger partial charge in [-0.1, -0.05) is 0 Å². The SMILES string of the molecule is CCOC(=O)Cc1nc(C(F)F)cc(C#N)c1CCl. The predicted octanol–water partition coefficient (Wildman–Crippen LogP) is 2.74. The van der Waals surface area contributed by atoms with Gasteiger partial charge in [-0.2, -0.15) is 5.26 Å². The number of hydrogen-bond acceptors (Lipinski definition) is 4. The van der Waals surface area contributed by atoms with Crippen LogP contribution in [0, 0.1) is 11.3 Å². The number of nitriles is 1. The molecular formula is C12H11ClF2N2O2. The van der Waals surface area contributed by atoms with Crippen molar-refractivity contribution in [1.29, 1.82) is 5.26 Å². The first-order valence-electron chi connectivity index (χ1n) is 5.46. The highest BCUT2D eigenvalue weighted by Gasteiger charge is 2.19. The van der Waals surface area contributed by atoms with Gasteiger partial charge in [0.05, 0.1) is 36.2 Å².